The predicted octanol–water partition coefficient (Wildman–Crippen LogP) is 2.10. The van der Waals surface area contributed by atoms with E-state index < -0.39 is 17.2 Å². The van der Waals surface area contributed by atoms with E-state index in [2.05, 4.69) is 20.7 Å². The average molecular weight is 320 g/mol. The Morgan fingerprint density at radius 2 is 2.17 bits per heavy atom. The summed E-state index contributed by atoms with van der Waals surface area (Å²) in [5.74, 6) is -1.40. The van der Waals surface area contributed by atoms with Crippen LogP contribution in [0.5, 0.6) is 0 Å². The molecule has 1 aliphatic heterocycles. The van der Waals surface area contributed by atoms with E-state index >= 15 is 0 Å². The summed E-state index contributed by atoms with van der Waals surface area (Å²) in [6, 6.07) is 1.09. The van der Waals surface area contributed by atoms with Gasteiger partial charge in [-0.2, -0.15) is 15.4 Å². The van der Waals surface area contributed by atoms with Gasteiger partial charge >= 0.3 is 0 Å². The number of ether oxygens (including phenoxy) is 1. The molecule has 1 aromatic heterocycles. The Morgan fingerprint density at radius 1 is 1.30 bits per heavy atom. The van der Waals surface area contributed by atoms with Gasteiger partial charge < -0.3 is 10.1 Å². The number of hydrogen-bond donors (Lipinski definition) is 2. The van der Waals surface area contributed by atoms with Crippen molar-refractivity contribution >= 4 is 11.0 Å². The summed E-state index contributed by atoms with van der Waals surface area (Å²) in [6.45, 7) is 1.70. The highest BCUT2D eigenvalue weighted by molar-refractivity contribution is 5.79. The summed E-state index contributed by atoms with van der Waals surface area (Å²) in [6.07, 6.45) is 3.20. The smallest absolute Gasteiger partial charge is 0.167 e. The maximum atomic E-state index is 14.9. The molecule has 1 spiro atoms. The van der Waals surface area contributed by atoms with E-state index in [1.54, 1.807) is 7.11 Å². The number of halogens is 2. The molecule has 1 saturated heterocycles. The molecule has 7 heteroatoms. The molecule has 5 nitrogen and oxygen atoms in total. The summed E-state index contributed by atoms with van der Waals surface area (Å²) in [7, 11) is 1.61. The number of methoxy groups -OCH3 is 1. The van der Waals surface area contributed by atoms with Crippen LogP contribution in [0.15, 0.2) is 6.07 Å². The lowest BCUT2D eigenvalue weighted by Gasteiger charge is -2.63. The van der Waals surface area contributed by atoms with Crippen LogP contribution < -0.4 is 5.32 Å². The summed E-state index contributed by atoms with van der Waals surface area (Å²) in [4.78, 5) is 0. The Hall–Kier alpha value is -1.60. The minimum absolute atomic E-state index is 0.142. The molecule has 0 amide bonds. The molecule has 2 heterocycles. The number of rotatable bonds is 2. The van der Waals surface area contributed by atoms with Crippen molar-refractivity contribution in [3.8, 4) is 0 Å². The average Bonchev–Trinajstić information content (AvgIpc) is 3.24. The van der Waals surface area contributed by atoms with E-state index in [0.29, 0.717) is 11.0 Å². The Morgan fingerprint density at radius 3 is 3.00 bits per heavy atom. The van der Waals surface area contributed by atoms with E-state index in [-0.39, 0.29) is 22.8 Å². The Kier molecular flexibility index (Phi) is 2.56. The minimum atomic E-state index is -0.890. The largest absolute Gasteiger partial charge is 0.373 e. The monoisotopic (exact) mass is 320 g/mol. The van der Waals surface area contributed by atoms with Gasteiger partial charge in [-0.05, 0) is 24.2 Å². The lowest BCUT2D eigenvalue weighted by molar-refractivity contribution is -0.243. The van der Waals surface area contributed by atoms with Crippen LogP contribution in [0.2, 0.25) is 0 Å². The second-order valence-corrected chi connectivity index (χ2v) is 7.10. The highest BCUT2D eigenvalue weighted by Gasteiger charge is 2.75. The van der Waals surface area contributed by atoms with E-state index in [1.807, 2.05) is 0 Å². The van der Waals surface area contributed by atoms with Gasteiger partial charge in [0.05, 0.1) is 5.56 Å². The minimum Gasteiger partial charge on any atom is -0.373 e. The number of H-pyrrole nitrogens is 1. The fraction of sp³-hybridized carbons (Fsp3) is 0.625. The molecule has 3 fully saturated rings. The van der Waals surface area contributed by atoms with Crippen molar-refractivity contribution in [3.05, 3.63) is 23.3 Å². The molecule has 5 rings (SSSR count). The zero-order valence-corrected chi connectivity index (χ0v) is 12.8. The number of nitrogens with zero attached hydrogens (tertiary/aromatic N) is 2. The molecular weight excluding hydrogens is 302 g/mol. The fourth-order valence-electron chi connectivity index (χ4n) is 5.89. The maximum Gasteiger partial charge on any atom is 0.167 e. The van der Waals surface area contributed by atoms with E-state index in [4.69, 9.17) is 4.74 Å². The third kappa shape index (κ3) is 1.35. The highest BCUT2D eigenvalue weighted by Crippen LogP contribution is 2.73. The third-order valence-electron chi connectivity index (χ3n) is 6.59. The molecule has 2 aromatic rings. The van der Waals surface area contributed by atoms with Crippen LogP contribution in [0.1, 0.15) is 24.8 Å². The first-order chi connectivity index (χ1) is 11.1. The van der Waals surface area contributed by atoms with Gasteiger partial charge in [-0.3, -0.25) is 0 Å². The molecular formula is C16H18F2N4O. The van der Waals surface area contributed by atoms with Crippen molar-refractivity contribution in [2.45, 2.75) is 24.9 Å². The van der Waals surface area contributed by atoms with Crippen molar-refractivity contribution in [2.24, 2.45) is 17.3 Å². The zero-order chi connectivity index (χ0) is 15.8. The van der Waals surface area contributed by atoms with Crippen LogP contribution in [0.3, 0.4) is 0 Å². The van der Waals surface area contributed by atoms with Crippen molar-refractivity contribution in [2.75, 3.05) is 20.2 Å². The van der Waals surface area contributed by atoms with Crippen molar-refractivity contribution in [3.63, 3.8) is 0 Å². The van der Waals surface area contributed by atoms with Crippen LogP contribution in [-0.2, 0) is 10.3 Å². The van der Waals surface area contributed by atoms with Crippen molar-refractivity contribution in [1.82, 2.24) is 20.7 Å². The molecule has 4 atom stereocenters. The maximum absolute atomic E-state index is 14.9. The number of hydrogen-bond acceptors (Lipinski definition) is 4. The second-order valence-electron chi connectivity index (χ2n) is 7.10. The quantitative estimate of drug-likeness (QED) is 0.889. The molecule has 2 saturated carbocycles. The summed E-state index contributed by atoms with van der Waals surface area (Å²) in [5, 5.41) is 14.0. The van der Waals surface area contributed by atoms with Gasteiger partial charge in [0.2, 0.25) is 0 Å². The summed E-state index contributed by atoms with van der Waals surface area (Å²) >= 11 is 0. The van der Waals surface area contributed by atoms with Crippen LogP contribution in [0.4, 0.5) is 8.78 Å². The predicted molar refractivity (Wildman–Crippen MR) is 78.6 cm³/mol. The van der Waals surface area contributed by atoms with E-state index in [1.165, 1.54) is 0 Å². The van der Waals surface area contributed by atoms with Gasteiger partial charge in [-0.25, -0.2) is 8.78 Å². The molecule has 1 aromatic carbocycles. The first-order valence-electron chi connectivity index (χ1n) is 8.10. The molecule has 0 bridgehead atoms. The number of fused-ring (bicyclic) bond motifs is 1. The first-order valence-corrected chi connectivity index (χ1v) is 8.10. The third-order valence-corrected chi connectivity index (χ3v) is 6.59. The Balaban J connectivity index is 1.80. The summed E-state index contributed by atoms with van der Waals surface area (Å²) in [5.41, 5.74) is 0.321. The SMILES string of the molecule is COC1(c2c(F)c(F)cc3n[nH]nc23)C2CCCC23CNCC31. The van der Waals surface area contributed by atoms with E-state index in [0.717, 1.165) is 38.4 Å². The van der Waals surface area contributed by atoms with Crippen LogP contribution >= 0.6 is 0 Å². The molecule has 2 N–H and O–H groups in total. The molecule has 122 valence electrons. The number of aromatic amines is 1. The molecule has 0 radical (unpaired) electrons. The molecule has 4 unspecified atom stereocenters. The lowest BCUT2D eigenvalue weighted by Crippen LogP contribution is -2.66. The highest BCUT2D eigenvalue weighted by atomic mass is 19.2. The normalized spacial score (nSPS) is 38.6. The molecule has 23 heavy (non-hydrogen) atoms. The van der Waals surface area contributed by atoms with Crippen LogP contribution in [0, 0.1) is 28.9 Å². The number of nitrogens with one attached hydrogen (secondary N) is 2. The zero-order valence-electron chi connectivity index (χ0n) is 12.8. The van der Waals surface area contributed by atoms with Gasteiger partial charge in [-0.15, -0.1) is 0 Å². The standard InChI is InChI=1S/C16H18F2N4O/c1-23-16(10-3-2-4-15(10)7-19-6-11(15)16)12-13(18)8(17)5-9-14(12)21-22-20-9/h5,10-11,19H,2-4,6-7H2,1H3,(H,20,21,22). The van der Waals surface area contributed by atoms with Crippen molar-refractivity contribution in [1.29, 1.82) is 0 Å². The van der Waals surface area contributed by atoms with Crippen molar-refractivity contribution < 1.29 is 13.5 Å². The Bertz CT molecular complexity index is 785. The van der Waals surface area contributed by atoms with Crippen LogP contribution in [0.25, 0.3) is 11.0 Å². The summed E-state index contributed by atoms with van der Waals surface area (Å²) < 4.78 is 35.0. The second kappa shape index (κ2) is 4.27. The fourth-order valence-corrected chi connectivity index (χ4v) is 5.89. The topological polar surface area (TPSA) is 62.8 Å². The number of aromatic nitrogens is 3. The van der Waals surface area contributed by atoms with E-state index in [9.17, 15) is 8.78 Å². The van der Waals surface area contributed by atoms with Gasteiger partial charge in [0.25, 0.3) is 0 Å². The first kappa shape index (κ1) is 13.8. The Labute approximate surface area is 131 Å². The lowest BCUT2D eigenvalue weighted by atomic mass is 9.44. The van der Waals surface area contributed by atoms with Gasteiger partial charge in [0.1, 0.15) is 16.6 Å². The molecule has 2 aliphatic carbocycles. The van der Waals surface area contributed by atoms with Gasteiger partial charge in [-0.1, -0.05) is 6.42 Å². The van der Waals surface area contributed by atoms with Gasteiger partial charge in [0.15, 0.2) is 11.6 Å². The number of benzene rings is 1. The van der Waals surface area contributed by atoms with Gasteiger partial charge in [0, 0.05) is 32.2 Å². The molecule has 3 aliphatic rings. The van der Waals surface area contributed by atoms with Crippen LogP contribution in [-0.4, -0.2) is 35.6 Å².